The summed E-state index contributed by atoms with van der Waals surface area (Å²) in [4.78, 5) is 0. The Hall–Kier alpha value is -0.390. The van der Waals surface area contributed by atoms with E-state index in [0.717, 1.165) is 17.8 Å². The zero-order valence-electron chi connectivity index (χ0n) is 9.86. The van der Waals surface area contributed by atoms with Crippen molar-refractivity contribution in [2.75, 3.05) is 5.75 Å². The topological polar surface area (TPSA) is 60.9 Å². The van der Waals surface area contributed by atoms with Gasteiger partial charge in [0.2, 0.25) is 0 Å². The summed E-state index contributed by atoms with van der Waals surface area (Å²) in [5.74, 6) is 0.910. The van der Waals surface area contributed by atoms with Gasteiger partial charge in [0.1, 0.15) is 0 Å². The average molecular weight is 264 g/mol. The van der Waals surface area contributed by atoms with Crippen LogP contribution in [0.1, 0.15) is 25.2 Å². The molecule has 0 radical (unpaired) electrons. The minimum atomic E-state index is -0.981. The van der Waals surface area contributed by atoms with Crippen LogP contribution >= 0.6 is 11.6 Å². The Morgan fingerprint density at radius 3 is 2.69 bits per heavy atom. The van der Waals surface area contributed by atoms with E-state index < -0.39 is 10.8 Å². The molecule has 1 aromatic heterocycles. The average Bonchev–Trinajstić information content (AvgIpc) is 2.44. The van der Waals surface area contributed by atoms with Crippen LogP contribution in [0.5, 0.6) is 0 Å². The zero-order valence-corrected chi connectivity index (χ0v) is 11.4. The van der Waals surface area contributed by atoms with Crippen molar-refractivity contribution in [3.05, 3.63) is 16.4 Å². The summed E-state index contributed by atoms with van der Waals surface area (Å²) in [6, 6.07) is -0.0570. The number of halogens is 1. The third-order valence-corrected chi connectivity index (χ3v) is 4.18. The minimum Gasteiger partial charge on any atom is -0.327 e. The van der Waals surface area contributed by atoms with Crippen molar-refractivity contribution in [2.45, 2.75) is 32.1 Å². The second kappa shape index (κ2) is 5.80. The van der Waals surface area contributed by atoms with Crippen molar-refractivity contribution in [1.82, 2.24) is 9.78 Å². The second-order valence-electron chi connectivity index (χ2n) is 3.91. The zero-order chi connectivity index (χ0) is 12.3. The molecule has 0 fully saturated rings. The van der Waals surface area contributed by atoms with E-state index in [4.69, 9.17) is 17.3 Å². The first-order chi connectivity index (χ1) is 7.45. The molecule has 0 saturated heterocycles. The molecule has 2 atom stereocenters. The summed E-state index contributed by atoms with van der Waals surface area (Å²) < 4.78 is 13.5. The summed E-state index contributed by atoms with van der Waals surface area (Å²) in [5, 5.41) is 4.92. The predicted octanol–water partition coefficient (Wildman–Crippen LogP) is 1.23. The fourth-order valence-electron chi connectivity index (χ4n) is 1.48. The Kier molecular flexibility index (Phi) is 4.95. The molecule has 0 aliphatic rings. The van der Waals surface area contributed by atoms with Crippen LogP contribution in [0, 0.1) is 0 Å². The molecule has 0 amide bonds. The first-order valence-electron chi connectivity index (χ1n) is 5.26. The van der Waals surface area contributed by atoms with E-state index in [2.05, 4.69) is 5.10 Å². The van der Waals surface area contributed by atoms with E-state index in [1.165, 1.54) is 0 Å². The molecule has 2 N–H and O–H groups in total. The van der Waals surface area contributed by atoms with Crippen molar-refractivity contribution >= 4 is 22.4 Å². The maximum Gasteiger partial charge on any atom is 0.0859 e. The molecule has 0 aromatic carbocycles. The summed E-state index contributed by atoms with van der Waals surface area (Å²) >= 11 is 6.16. The van der Waals surface area contributed by atoms with Crippen molar-refractivity contribution in [2.24, 2.45) is 12.8 Å². The largest absolute Gasteiger partial charge is 0.327 e. The third-order valence-electron chi connectivity index (χ3n) is 2.25. The number of nitrogens with two attached hydrogens (primary N) is 1. The highest BCUT2D eigenvalue weighted by molar-refractivity contribution is 7.84. The van der Waals surface area contributed by atoms with Crippen LogP contribution in [0.15, 0.2) is 0 Å². The van der Waals surface area contributed by atoms with E-state index in [-0.39, 0.29) is 6.04 Å². The molecule has 2 unspecified atom stereocenters. The third kappa shape index (κ3) is 3.30. The maximum atomic E-state index is 11.8. The molecule has 92 valence electrons. The lowest BCUT2D eigenvalue weighted by molar-refractivity contribution is 0.669. The monoisotopic (exact) mass is 263 g/mol. The van der Waals surface area contributed by atoms with Crippen molar-refractivity contribution < 1.29 is 4.21 Å². The normalized spacial score (nSPS) is 15.1. The first kappa shape index (κ1) is 13.7. The highest BCUT2D eigenvalue weighted by atomic mass is 35.5. The number of rotatable bonds is 5. The van der Waals surface area contributed by atoms with Gasteiger partial charge >= 0.3 is 0 Å². The van der Waals surface area contributed by atoms with Crippen LogP contribution in [0.3, 0.4) is 0 Å². The summed E-state index contributed by atoms with van der Waals surface area (Å²) in [5.41, 5.74) is 7.30. The van der Waals surface area contributed by atoms with Gasteiger partial charge < -0.3 is 5.73 Å². The summed E-state index contributed by atoms with van der Waals surface area (Å²) in [6.07, 6.45) is 0.784. The van der Waals surface area contributed by atoms with Crippen molar-refractivity contribution in [3.8, 4) is 0 Å². The van der Waals surface area contributed by atoms with Crippen LogP contribution in [-0.2, 0) is 30.0 Å². The lowest BCUT2D eigenvalue weighted by atomic mass is 10.3. The van der Waals surface area contributed by atoms with Crippen molar-refractivity contribution in [3.63, 3.8) is 0 Å². The van der Waals surface area contributed by atoms with E-state index in [1.807, 2.05) is 20.9 Å². The molecule has 6 heteroatoms. The van der Waals surface area contributed by atoms with E-state index in [1.54, 1.807) is 4.68 Å². The predicted molar refractivity (Wildman–Crippen MR) is 68.0 cm³/mol. The van der Waals surface area contributed by atoms with Gasteiger partial charge in [-0.1, -0.05) is 18.5 Å². The van der Waals surface area contributed by atoms with Gasteiger partial charge in [-0.3, -0.25) is 8.89 Å². The van der Waals surface area contributed by atoms with Crippen LogP contribution < -0.4 is 5.73 Å². The van der Waals surface area contributed by atoms with Crippen LogP contribution in [0.25, 0.3) is 0 Å². The Labute approximate surface area is 104 Å². The van der Waals surface area contributed by atoms with Gasteiger partial charge in [0.15, 0.2) is 0 Å². The van der Waals surface area contributed by atoms with Gasteiger partial charge in [0.05, 0.1) is 22.2 Å². The molecule has 0 bridgehead atoms. The Morgan fingerprint density at radius 2 is 2.25 bits per heavy atom. The SMILES string of the molecule is CCc1nn(C)c(CS(=O)CC(C)N)c1Cl. The standard InChI is InChI=1S/C10H18ClN3OS/c1-4-8-10(11)9(14(3)13-8)6-16(15)5-7(2)12/h7H,4-6,12H2,1-3H3. The highest BCUT2D eigenvalue weighted by Crippen LogP contribution is 2.22. The van der Waals surface area contributed by atoms with E-state index in [9.17, 15) is 4.21 Å². The molecule has 1 rings (SSSR count). The molecular formula is C10H18ClN3OS. The molecule has 0 saturated carbocycles. The summed E-state index contributed by atoms with van der Waals surface area (Å²) in [6.45, 7) is 3.84. The Balaban J connectivity index is 2.81. The van der Waals surface area contributed by atoms with E-state index >= 15 is 0 Å². The molecule has 1 aromatic rings. The number of aryl methyl sites for hydroxylation is 2. The lowest BCUT2D eigenvalue weighted by Crippen LogP contribution is -2.24. The van der Waals surface area contributed by atoms with Crippen LogP contribution in [0.4, 0.5) is 0 Å². The molecule has 4 nitrogen and oxygen atoms in total. The van der Waals surface area contributed by atoms with Crippen LogP contribution in [0.2, 0.25) is 5.02 Å². The van der Waals surface area contributed by atoms with Gasteiger partial charge in [0, 0.05) is 29.6 Å². The molecular weight excluding hydrogens is 246 g/mol. The molecule has 0 spiro atoms. The first-order valence-corrected chi connectivity index (χ1v) is 7.13. The number of hydrogen-bond acceptors (Lipinski definition) is 3. The quantitative estimate of drug-likeness (QED) is 0.869. The second-order valence-corrected chi connectivity index (χ2v) is 5.79. The fourth-order valence-corrected chi connectivity index (χ4v) is 3.26. The smallest absolute Gasteiger partial charge is 0.0859 e. The van der Waals surface area contributed by atoms with Gasteiger partial charge in [-0.05, 0) is 13.3 Å². The number of nitrogens with zero attached hydrogens (tertiary/aromatic N) is 2. The number of hydrogen-bond donors (Lipinski definition) is 1. The van der Waals surface area contributed by atoms with E-state index in [0.29, 0.717) is 16.5 Å². The molecule has 1 heterocycles. The van der Waals surface area contributed by atoms with Crippen molar-refractivity contribution in [1.29, 1.82) is 0 Å². The highest BCUT2D eigenvalue weighted by Gasteiger charge is 2.15. The summed E-state index contributed by atoms with van der Waals surface area (Å²) in [7, 11) is 0.842. The van der Waals surface area contributed by atoms with Gasteiger partial charge in [-0.2, -0.15) is 5.10 Å². The van der Waals surface area contributed by atoms with Gasteiger partial charge in [-0.25, -0.2) is 0 Å². The van der Waals surface area contributed by atoms with Gasteiger partial charge in [-0.15, -0.1) is 0 Å². The Bertz CT molecular complexity index is 390. The van der Waals surface area contributed by atoms with Gasteiger partial charge in [0.25, 0.3) is 0 Å². The maximum absolute atomic E-state index is 11.8. The lowest BCUT2D eigenvalue weighted by Gasteiger charge is -2.06. The fraction of sp³-hybridized carbons (Fsp3) is 0.700. The molecule has 16 heavy (non-hydrogen) atoms. The number of aromatic nitrogens is 2. The minimum absolute atomic E-state index is 0.0570. The molecule has 0 aliphatic heterocycles. The molecule has 0 aliphatic carbocycles. The van der Waals surface area contributed by atoms with Crippen LogP contribution in [-0.4, -0.2) is 25.8 Å². The Morgan fingerprint density at radius 1 is 1.62 bits per heavy atom.